The predicted molar refractivity (Wildman–Crippen MR) is 75.6 cm³/mol. The first-order valence-corrected chi connectivity index (χ1v) is 7.87. The van der Waals surface area contributed by atoms with Gasteiger partial charge in [0.2, 0.25) is 21.8 Å². The highest BCUT2D eigenvalue weighted by Gasteiger charge is 2.38. The maximum atomic E-state index is 12.4. The molecule has 0 bridgehead atoms. The van der Waals surface area contributed by atoms with E-state index in [9.17, 15) is 18.0 Å². The SMILES string of the molecule is Cc1ccc(CN)cc1S(=O)(=O)NC1CC(=O)N(C)C1=O. The number of hydrogen-bond acceptors (Lipinski definition) is 5. The number of sulfonamides is 1. The monoisotopic (exact) mass is 311 g/mol. The van der Waals surface area contributed by atoms with Crippen molar-refractivity contribution in [2.45, 2.75) is 30.8 Å². The van der Waals surface area contributed by atoms with E-state index in [1.165, 1.54) is 13.1 Å². The van der Waals surface area contributed by atoms with Crippen molar-refractivity contribution in [2.75, 3.05) is 7.05 Å². The highest BCUT2D eigenvalue weighted by atomic mass is 32.2. The van der Waals surface area contributed by atoms with E-state index in [-0.39, 0.29) is 17.9 Å². The van der Waals surface area contributed by atoms with Gasteiger partial charge >= 0.3 is 0 Å². The van der Waals surface area contributed by atoms with Gasteiger partial charge in [-0.05, 0) is 24.1 Å². The Bertz CT molecular complexity index is 699. The van der Waals surface area contributed by atoms with Crippen molar-refractivity contribution in [2.24, 2.45) is 5.73 Å². The highest BCUT2D eigenvalue weighted by molar-refractivity contribution is 7.89. The van der Waals surface area contributed by atoms with E-state index in [4.69, 9.17) is 5.73 Å². The highest BCUT2D eigenvalue weighted by Crippen LogP contribution is 2.19. The standard InChI is InChI=1S/C13H17N3O4S/c1-8-3-4-9(7-14)5-11(8)21(19,20)15-10-6-12(17)16(2)13(10)18/h3-5,10,15H,6-7,14H2,1-2H3. The quantitative estimate of drug-likeness (QED) is 0.728. The summed E-state index contributed by atoms with van der Waals surface area (Å²) in [6.45, 7) is 1.87. The van der Waals surface area contributed by atoms with Gasteiger partial charge in [-0.25, -0.2) is 8.42 Å². The van der Waals surface area contributed by atoms with Crippen LogP contribution in [0.1, 0.15) is 17.5 Å². The molecule has 1 aliphatic heterocycles. The number of hydrogen-bond donors (Lipinski definition) is 2. The van der Waals surface area contributed by atoms with Crippen molar-refractivity contribution in [1.29, 1.82) is 0 Å². The van der Waals surface area contributed by atoms with Gasteiger partial charge < -0.3 is 5.73 Å². The molecular weight excluding hydrogens is 294 g/mol. The lowest BCUT2D eigenvalue weighted by atomic mass is 10.1. The zero-order valence-electron chi connectivity index (χ0n) is 11.8. The fourth-order valence-corrected chi connectivity index (χ4v) is 3.64. The Hall–Kier alpha value is -1.77. The number of rotatable bonds is 4. The number of carbonyl (C=O) groups excluding carboxylic acids is 2. The summed E-state index contributed by atoms with van der Waals surface area (Å²) in [7, 11) is -2.56. The molecule has 0 radical (unpaired) electrons. The Morgan fingerprint density at radius 3 is 2.57 bits per heavy atom. The maximum absolute atomic E-state index is 12.4. The zero-order valence-corrected chi connectivity index (χ0v) is 12.6. The average Bonchev–Trinajstić information content (AvgIpc) is 2.66. The molecule has 1 unspecified atom stereocenters. The average molecular weight is 311 g/mol. The first-order chi connectivity index (χ1) is 9.76. The van der Waals surface area contributed by atoms with Crippen LogP contribution in [0, 0.1) is 6.92 Å². The van der Waals surface area contributed by atoms with E-state index in [0.717, 1.165) is 4.90 Å². The second kappa shape index (κ2) is 5.55. The second-order valence-electron chi connectivity index (χ2n) is 4.97. The minimum Gasteiger partial charge on any atom is -0.326 e. The topological polar surface area (TPSA) is 110 Å². The molecule has 7 nitrogen and oxygen atoms in total. The minimum atomic E-state index is -3.89. The Labute approximate surface area is 123 Å². The number of nitrogens with one attached hydrogen (secondary N) is 1. The number of amides is 2. The van der Waals surface area contributed by atoms with Crippen LogP contribution in [0.5, 0.6) is 0 Å². The summed E-state index contributed by atoms with van der Waals surface area (Å²) >= 11 is 0. The summed E-state index contributed by atoms with van der Waals surface area (Å²) in [4.78, 5) is 24.2. The molecule has 1 atom stereocenters. The van der Waals surface area contributed by atoms with Gasteiger partial charge in [0.05, 0.1) is 11.3 Å². The number of likely N-dealkylation sites (tertiary alicyclic amines) is 1. The molecular formula is C13H17N3O4S. The van der Waals surface area contributed by atoms with Crippen LogP contribution >= 0.6 is 0 Å². The number of aryl methyl sites for hydroxylation is 1. The largest absolute Gasteiger partial charge is 0.326 e. The van der Waals surface area contributed by atoms with E-state index >= 15 is 0 Å². The van der Waals surface area contributed by atoms with Crippen molar-refractivity contribution >= 4 is 21.8 Å². The third kappa shape index (κ3) is 2.97. The second-order valence-corrected chi connectivity index (χ2v) is 6.66. The maximum Gasteiger partial charge on any atom is 0.247 e. The van der Waals surface area contributed by atoms with Crippen LogP contribution in [0.15, 0.2) is 23.1 Å². The number of nitrogens with zero attached hydrogens (tertiary/aromatic N) is 1. The van der Waals surface area contributed by atoms with E-state index in [1.54, 1.807) is 19.1 Å². The van der Waals surface area contributed by atoms with Gasteiger partial charge in [-0.3, -0.25) is 14.5 Å². The van der Waals surface area contributed by atoms with Gasteiger partial charge in [0.15, 0.2) is 0 Å². The summed E-state index contributed by atoms with van der Waals surface area (Å²) in [6.07, 6.45) is -0.163. The molecule has 114 valence electrons. The molecule has 0 spiro atoms. The van der Waals surface area contributed by atoms with E-state index in [2.05, 4.69) is 4.72 Å². The molecule has 8 heteroatoms. The molecule has 1 heterocycles. The number of likely N-dealkylation sites (N-methyl/N-ethyl adjacent to an activating group) is 1. The molecule has 21 heavy (non-hydrogen) atoms. The lowest BCUT2D eigenvalue weighted by molar-refractivity contribution is -0.137. The Kier molecular flexibility index (Phi) is 4.13. The Balaban J connectivity index is 2.31. The van der Waals surface area contributed by atoms with Crippen LogP contribution in [-0.2, 0) is 26.2 Å². The summed E-state index contributed by atoms with van der Waals surface area (Å²) in [5.41, 5.74) is 6.73. The van der Waals surface area contributed by atoms with Gasteiger partial charge in [0.25, 0.3) is 0 Å². The van der Waals surface area contributed by atoms with E-state index < -0.39 is 27.9 Å². The summed E-state index contributed by atoms with van der Waals surface area (Å²) in [5.74, 6) is -0.948. The van der Waals surface area contributed by atoms with Gasteiger partial charge in [-0.1, -0.05) is 12.1 Å². The molecule has 0 aromatic heterocycles. The van der Waals surface area contributed by atoms with Crippen LogP contribution in [0.4, 0.5) is 0 Å². The summed E-state index contributed by atoms with van der Waals surface area (Å²) in [5, 5.41) is 0. The van der Waals surface area contributed by atoms with Crippen molar-refractivity contribution < 1.29 is 18.0 Å². The van der Waals surface area contributed by atoms with Crippen LogP contribution in [-0.4, -0.2) is 38.2 Å². The minimum absolute atomic E-state index is 0.0697. The van der Waals surface area contributed by atoms with Crippen molar-refractivity contribution in [3.05, 3.63) is 29.3 Å². The first kappa shape index (κ1) is 15.6. The fourth-order valence-electron chi connectivity index (χ4n) is 2.16. The van der Waals surface area contributed by atoms with Crippen molar-refractivity contribution in [3.8, 4) is 0 Å². The molecule has 1 aromatic rings. The smallest absolute Gasteiger partial charge is 0.247 e. The number of carbonyl (C=O) groups is 2. The lowest BCUT2D eigenvalue weighted by Crippen LogP contribution is -2.40. The fraction of sp³-hybridized carbons (Fsp3) is 0.385. The van der Waals surface area contributed by atoms with E-state index in [0.29, 0.717) is 11.1 Å². The Morgan fingerprint density at radius 2 is 2.05 bits per heavy atom. The summed E-state index contributed by atoms with van der Waals surface area (Å²) in [6, 6.07) is 3.83. The number of imide groups is 1. The number of benzene rings is 1. The lowest BCUT2D eigenvalue weighted by Gasteiger charge is -2.14. The van der Waals surface area contributed by atoms with Crippen molar-refractivity contribution in [1.82, 2.24) is 9.62 Å². The molecule has 1 saturated heterocycles. The molecule has 1 fully saturated rings. The molecule has 1 aromatic carbocycles. The third-order valence-corrected chi connectivity index (χ3v) is 5.07. The zero-order chi connectivity index (χ0) is 15.8. The van der Waals surface area contributed by atoms with Gasteiger partial charge in [0.1, 0.15) is 6.04 Å². The first-order valence-electron chi connectivity index (χ1n) is 6.38. The van der Waals surface area contributed by atoms with Gasteiger partial charge in [0, 0.05) is 13.6 Å². The molecule has 3 N–H and O–H groups in total. The van der Waals surface area contributed by atoms with E-state index in [1.807, 2.05) is 0 Å². The van der Waals surface area contributed by atoms with Gasteiger partial charge in [-0.2, -0.15) is 4.72 Å². The molecule has 0 aliphatic carbocycles. The molecule has 1 aliphatic rings. The Morgan fingerprint density at radius 1 is 1.38 bits per heavy atom. The van der Waals surface area contributed by atoms with Crippen molar-refractivity contribution in [3.63, 3.8) is 0 Å². The van der Waals surface area contributed by atoms with Gasteiger partial charge in [-0.15, -0.1) is 0 Å². The molecule has 0 saturated carbocycles. The third-order valence-electron chi connectivity index (χ3n) is 3.46. The van der Waals surface area contributed by atoms with Crippen LogP contribution in [0.25, 0.3) is 0 Å². The molecule has 2 amide bonds. The molecule has 2 rings (SSSR count). The van der Waals surface area contributed by atoms with Crippen LogP contribution in [0.2, 0.25) is 0 Å². The summed E-state index contributed by atoms with van der Waals surface area (Å²) < 4.78 is 27.1. The van der Waals surface area contributed by atoms with Crippen LogP contribution < -0.4 is 10.5 Å². The normalized spacial score (nSPS) is 19.4. The predicted octanol–water partition coefficient (Wildman–Crippen LogP) is -0.511. The van der Waals surface area contributed by atoms with Crippen LogP contribution in [0.3, 0.4) is 0 Å². The number of nitrogens with two attached hydrogens (primary N) is 1.